The number of primary amides is 1. The van der Waals surface area contributed by atoms with Crippen LogP contribution in [0.15, 0.2) is 0 Å². The molecule has 0 bridgehead atoms. The lowest BCUT2D eigenvalue weighted by atomic mass is 9.74. The molecule has 1 aliphatic heterocycles. The van der Waals surface area contributed by atoms with Crippen LogP contribution in [0.5, 0.6) is 0 Å². The zero-order valence-electron chi connectivity index (χ0n) is 14.9. The standard InChI is InChI=1S/C18H30FN3O3/c1-10-5-6-14(19)13-9-15(25-22-17(10)13)18(24)21-12-4-2-3-11(7-12)8-16(20)23/h10-15,17,22H,2-9H2,1H3,(H2,20,23)(H,21,24). The molecule has 2 aliphatic carbocycles. The van der Waals surface area contributed by atoms with E-state index in [1.165, 1.54) is 0 Å². The number of rotatable bonds is 4. The van der Waals surface area contributed by atoms with Crippen LogP contribution in [0, 0.1) is 17.8 Å². The summed E-state index contributed by atoms with van der Waals surface area (Å²) in [7, 11) is 0. The summed E-state index contributed by atoms with van der Waals surface area (Å²) >= 11 is 0. The highest BCUT2D eigenvalue weighted by Crippen LogP contribution is 2.37. The Bertz CT molecular complexity index is 504. The van der Waals surface area contributed by atoms with Crippen molar-refractivity contribution in [3.05, 3.63) is 0 Å². The minimum atomic E-state index is -0.873. The number of nitrogens with two attached hydrogens (primary N) is 1. The molecule has 7 heteroatoms. The van der Waals surface area contributed by atoms with Crippen molar-refractivity contribution in [1.82, 2.24) is 10.8 Å². The van der Waals surface area contributed by atoms with Gasteiger partial charge >= 0.3 is 0 Å². The van der Waals surface area contributed by atoms with Crippen LogP contribution in [-0.4, -0.2) is 36.2 Å². The number of hydrogen-bond acceptors (Lipinski definition) is 4. The molecule has 7 atom stereocenters. The summed E-state index contributed by atoms with van der Waals surface area (Å²) < 4.78 is 14.3. The van der Waals surface area contributed by atoms with E-state index in [9.17, 15) is 14.0 Å². The lowest BCUT2D eigenvalue weighted by Gasteiger charge is -2.44. The lowest BCUT2D eigenvalue weighted by Crippen LogP contribution is -2.58. The van der Waals surface area contributed by atoms with Crippen molar-refractivity contribution in [2.24, 2.45) is 23.5 Å². The largest absolute Gasteiger partial charge is 0.370 e. The van der Waals surface area contributed by atoms with Crippen LogP contribution in [0.25, 0.3) is 0 Å². The number of nitrogens with one attached hydrogen (secondary N) is 2. The second-order valence-corrected chi connectivity index (χ2v) is 8.13. The maximum Gasteiger partial charge on any atom is 0.251 e. The smallest absolute Gasteiger partial charge is 0.251 e. The van der Waals surface area contributed by atoms with Gasteiger partial charge in [0.2, 0.25) is 5.91 Å². The molecule has 142 valence electrons. The first-order chi connectivity index (χ1) is 11.9. The minimum absolute atomic E-state index is 0.0116. The third-order valence-corrected chi connectivity index (χ3v) is 6.18. The molecule has 3 aliphatic rings. The van der Waals surface area contributed by atoms with Gasteiger partial charge in [-0.25, -0.2) is 4.39 Å². The molecule has 0 aromatic heterocycles. The SMILES string of the molecule is CC1CCC(F)C2CC(C(=O)NC3CCCC(CC(N)=O)C3)ONC12. The molecule has 1 heterocycles. The number of halogens is 1. The van der Waals surface area contributed by atoms with Crippen LogP contribution in [0.4, 0.5) is 4.39 Å². The predicted molar refractivity (Wildman–Crippen MR) is 90.9 cm³/mol. The van der Waals surface area contributed by atoms with Gasteiger partial charge in [0.15, 0.2) is 6.10 Å². The number of amides is 2. The number of hydrogen-bond donors (Lipinski definition) is 3. The molecule has 6 nitrogen and oxygen atoms in total. The van der Waals surface area contributed by atoms with Crippen molar-refractivity contribution in [2.45, 2.75) is 82.6 Å². The highest BCUT2D eigenvalue weighted by atomic mass is 19.1. The van der Waals surface area contributed by atoms with Crippen molar-refractivity contribution >= 4 is 11.8 Å². The molecule has 4 N–H and O–H groups in total. The summed E-state index contributed by atoms with van der Waals surface area (Å²) in [6.07, 6.45) is 4.30. The Morgan fingerprint density at radius 2 is 2.04 bits per heavy atom. The van der Waals surface area contributed by atoms with Crippen LogP contribution in [0.3, 0.4) is 0 Å². The van der Waals surface area contributed by atoms with Crippen LogP contribution in [0.1, 0.15) is 58.3 Å². The Labute approximate surface area is 148 Å². The molecular weight excluding hydrogens is 325 g/mol. The molecule has 2 saturated carbocycles. The molecule has 0 aromatic carbocycles. The van der Waals surface area contributed by atoms with Gasteiger partial charge in [-0.05, 0) is 50.4 Å². The first kappa shape index (κ1) is 18.6. The van der Waals surface area contributed by atoms with Crippen molar-refractivity contribution in [2.75, 3.05) is 0 Å². The molecular formula is C18H30FN3O3. The fourth-order valence-electron chi connectivity index (χ4n) is 4.76. The first-order valence-electron chi connectivity index (χ1n) is 9.58. The second kappa shape index (κ2) is 7.99. The van der Waals surface area contributed by atoms with E-state index in [0.29, 0.717) is 25.2 Å². The number of fused-ring (bicyclic) bond motifs is 1. The van der Waals surface area contributed by atoms with Gasteiger partial charge in [-0.1, -0.05) is 13.3 Å². The van der Waals surface area contributed by atoms with E-state index in [1.807, 2.05) is 0 Å². The third-order valence-electron chi connectivity index (χ3n) is 6.18. The van der Waals surface area contributed by atoms with Gasteiger partial charge in [-0.2, -0.15) is 5.48 Å². The zero-order chi connectivity index (χ0) is 18.0. The van der Waals surface area contributed by atoms with Gasteiger partial charge in [-0.3, -0.25) is 14.4 Å². The van der Waals surface area contributed by atoms with Gasteiger partial charge in [0, 0.05) is 24.4 Å². The van der Waals surface area contributed by atoms with Crippen LogP contribution in [-0.2, 0) is 14.4 Å². The summed E-state index contributed by atoms with van der Waals surface area (Å²) in [4.78, 5) is 29.2. The average molecular weight is 355 g/mol. The highest BCUT2D eigenvalue weighted by Gasteiger charge is 2.44. The monoisotopic (exact) mass is 355 g/mol. The summed E-state index contributed by atoms with van der Waals surface area (Å²) in [5, 5.41) is 3.03. The number of carbonyl (C=O) groups is 2. The van der Waals surface area contributed by atoms with E-state index in [-0.39, 0.29) is 35.7 Å². The van der Waals surface area contributed by atoms with E-state index < -0.39 is 12.3 Å². The van der Waals surface area contributed by atoms with Crippen LogP contribution in [0.2, 0.25) is 0 Å². The normalized spacial score (nSPS) is 41.6. The Hall–Kier alpha value is -1.21. The second-order valence-electron chi connectivity index (χ2n) is 8.13. The molecule has 0 radical (unpaired) electrons. The van der Waals surface area contributed by atoms with Gasteiger partial charge in [0.05, 0.1) is 0 Å². The fourth-order valence-corrected chi connectivity index (χ4v) is 4.76. The summed E-state index contributed by atoms with van der Waals surface area (Å²) in [5.74, 6) is -0.0405. The molecule has 2 amide bonds. The fraction of sp³-hybridized carbons (Fsp3) is 0.889. The van der Waals surface area contributed by atoms with Crippen molar-refractivity contribution in [3.8, 4) is 0 Å². The summed E-state index contributed by atoms with van der Waals surface area (Å²) in [5.41, 5.74) is 8.23. The van der Waals surface area contributed by atoms with Crippen LogP contribution >= 0.6 is 0 Å². The summed E-state index contributed by atoms with van der Waals surface area (Å²) in [6.45, 7) is 2.10. The van der Waals surface area contributed by atoms with Gasteiger partial charge in [0.25, 0.3) is 5.91 Å². The van der Waals surface area contributed by atoms with Gasteiger partial charge < -0.3 is 11.1 Å². The van der Waals surface area contributed by atoms with Crippen molar-refractivity contribution in [1.29, 1.82) is 0 Å². The number of carbonyl (C=O) groups excluding carboxylic acids is 2. The van der Waals surface area contributed by atoms with E-state index in [2.05, 4.69) is 17.7 Å². The highest BCUT2D eigenvalue weighted by molar-refractivity contribution is 5.81. The van der Waals surface area contributed by atoms with Gasteiger partial charge in [0.1, 0.15) is 6.17 Å². The molecule has 3 rings (SSSR count). The molecule has 1 saturated heterocycles. The quantitative estimate of drug-likeness (QED) is 0.714. The average Bonchev–Trinajstić information content (AvgIpc) is 2.57. The van der Waals surface area contributed by atoms with Crippen LogP contribution < -0.4 is 16.5 Å². The minimum Gasteiger partial charge on any atom is -0.370 e. The maximum atomic E-state index is 14.3. The predicted octanol–water partition coefficient (Wildman–Crippen LogP) is 1.58. The summed E-state index contributed by atoms with van der Waals surface area (Å²) in [6, 6.07) is 0.0285. The number of alkyl halides is 1. The van der Waals surface area contributed by atoms with Crippen molar-refractivity contribution < 1.29 is 18.8 Å². The lowest BCUT2D eigenvalue weighted by molar-refractivity contribution is -0.164. The Morgan fingerprint density at radius 3 is 2.80 bits per heavy atom. The van der Waals surface area contributed by atoms with Crippen molar-refractivity contribution in [3.63, 3.8) is 0 Å². The maximum absolute atomic E-state index is 14.3. The molecule has 0 aromatic rings. The first-order valence-corrected chi connectivity index (χ1v) is 9.58. The Morgan fingerprint density at radius 1 is 1.24 bits per heavy atom. The van der Waals surface area contributed by atoms with E-state index in [4.69, 9.17) is 10.6 Å². The van der Waals surface area contributed by atoms with E-state index >= 15 is 0 Å². The molecule has 0 spiro atoms. The van der Waals surface area contributed by atoms with E-state index in [0.717, 1.165) is 32.1 Å². The number of hydroxylamine groups is 1. The van der Waals surface area contributed by atoms with Gasteiger partial charge in [-0.15, -0.1) is 0 Å². The molecule has 25 heavy (non-hydrogen) atoms. The van der Waals surface area contributed by atoms with E-state index in [1.54, 1.807) is 0 Å². The third kappa shape index (κ3) is 4.50. The Balaban J connectivity index is 1.52. The Kier molecular flexibility index (Phi) is 5.94. The topological polar surface area (TPSA) is 93.5 Å². The zero-order valence-corrected chi connectivity index (χ0v) is 14.9. The molecule has 3 fully saturated rings. The molecule has 7 unspecified atom stereocenters.